The van der Waals surface area contributed by atoms with Gasteiger partial charge in [0.25, 0.3) is 0 Å². The second-order valence-corrected chi connectivity index (χ2v) is 10.9. The molecule has 36 heavy (non-hydrogen) atoms. The quantitative estimate of drug-likeness (QED) is 0.483. The zero-order valence-electron chi connectivity index (χ0n) is 21.3. The van der Waals surface area contributed by atoms with E-state index in [1.807, 2.05) is 50.4 Å². The number of hydrogen-bond donors (Lipinski definition) is 1. The average Bonchev–Trinajstić information content (AvgIpc) is 3.45. The zero-order valence-corrected chi connectivity index (χ0v) is 22.1. The van der Waals surface area contributed by atoms with Crippen LogP contribution in [-0.4, -0.2) is 79.0 Å². The molecule has 0 aromatic heterocycles. The number of hydrogen-bond acceptors (Lipinski definition) is 10. The Labute approximate surface area is 215 Å². The molecule has 6 atom stereocenters. The fourth-order valence-corrected chi connectivity index (χ4v) is 4.92. The Hall–Kier alpha value is -1.89. The summed E-state index contributed by atoms with van der Waals surface area (Å²) in [7, 11) is 0. The number of benzene rings is 1. The summed E-state index contributed by atoms with van der Waals surface area (Å²) < 4.78 is 40.9. The number of thioether (sulfide) groups is 1. The van der Waals surface area contributed by atoms with Crippen LogP contribution >= 0.6 is 11.8 Å². The third-order valence-electron chi connectivity index (χ3n) is 6.08. The molecule has 3 fully saturated rings. The van der Waals surface area contributed by atoms with E-state index in [-0.39, 0.29) is 6.61 Å². The first-order valence-electron chi connectivity index (χ1n) is 12.1. The number of amides is 1. The van der Waals surface area contributed by atoms with Crippen LogP contribution in [0.2, 0.25) is 0 Å². The van der Waals surface area contributed by atoms with E-state index in [9.17, 15) is 9.59 Å². The summed E-state index contributed by atoms with van der Waals surface area (Å²) in [5.41, 5.74) is 0.842. The Bertz CT molecular complexity index is 912. The average molecular weight is 526 g/mol. The highest BCUT2D eigenvalue weighted by atomic mass is 32.2. The van der Waals surface area contributed by atoms with Gasteiger partial charge in [0.15, 0.2) is 17.7 Å². The predicted molar refractivity (Wildman–Crippen MR) is 130 cm³/mol. The van der Waals surface area contributed by atoms with Gasteiger partial charge in [-0.2, -0.15) is 11.8 Å². The molecule has 0 saturated carbocycles. The van der Waals surface area contributed by atoms with Gasteiger partial charge in [-0.25, -0.2) is 9.59 Å². The molecule has 1 unspecified atom stereocenters. The van der Waals surface area contributed by atoms with Crippen molar-refractivity contribution in [3.05, 3.63) is 35.9 Å². The molecule has 3 aliphatic rings. The first kappa shape index (κ1) is 27.2. The molecule has 0 aliphatic carbocycles. The standard InChI is InChI=1S/C25H35NO9S/c1-24(2)30-14-17(33-24)18-19-20(35-25(3,4)34-19)22(31-18)32-21(27)16(11-12-36-5)26-23(28)29-13-15-9-7-6-8-10-15/h6-10,16-20,22H,11-14H2,1-5H3,(H,26,28)/t16-,17?,18-,19-,20-,22-/m0/s1. The third-order valence-corrected chi connectivity index (χ3v) is 6.72. The van der Waals surface area contributed by atoms with Crippen molar-refractivity contribution in [1.29, 1.82) is 0 Å². The summed E-state index contributed by atoms with van der Waals surface area (Å²) in [6, 6.07) is 8.38. The predicted octanol–water partition coefficient (Wildman–Crippen LogP) is 2.97. The number of esters is 1. The van der Waals surface area contributed by atoms with E-state index < -0.39 is 60.4 Å². The van der Waals surface area contributed by atoms with Crippen molar-refractivity contribution in [2.45, 2.75) is 89.0 Å². The van der Waals surface area contributed by atoms with Crippen molar-refractivity contribution in [3.63, 3.8) is 0 Å². The lowest BCUT2D eigenvalue weighted by molar-refractivity contribution is -0.245. The van der Waals surface area contributed by atoms with E-state index in [1.165, 1.54) is 0 Å². The minimum atomic E-state index is -1.03. The maximum atomic E-state index is 13.2. The second-order valence-electron chi connectivity index (χ2n) is 9.88. The fraction of sp³-hybridized carbons (Fsp3) is 0.680. The highest BCUT2D eigenvalue weighted by molar-refractivity contribution is 7.98. The Morgan fingerprint density at radius 3 is 2.44 bits per heavy atom. The molecular formula is C25H35NO9S. The lowest BCUT2D eigenvalue weighted by Gasteiger charge is -2.27. The molecule has 0 bridgehead atoms. The molecular weight excluding hydrogens is 490 g/mol. The van der Waals surface area contributed by atoms with Crippen molar-refractivity contribution in [3.8, 4) is 0 Å². The van der Waals surface area contributed by atoms with E-state index in [0.717, 1.165) is 5.56 Å². The number of nitrogens with one attached hydrogen (secondary N) is 1. The molecule has 11 heteroatoms. The number of carbonyl (C=O) groups is 2. The Kier molecular flexibility index (Phi) is 8.48. The molecule has 3 aliphatic heterocycles. The van der Waals surface area contributed by atoms with Crippen LogP contribution < -0.4 is 5.32 Å². The molecule has 1 amide bonds. The van der Waals surface area contributed by atoms with E-state index in [2.05, 4.69) is 5.32 Å². The lowest BCUT2D eigenvalue weighted by atomic mass is 10.1. The van der Waals surface area contributed by atoms with Crippen LogP contribution in [0.25, 0.3) is 0 Å². The number of rotatable bonds is 9. The van der Waals surface area contributed by atoms with Crippen molar-refractivity contribution in [2.75, 3.05) is 18.6 Å². The largest absolute Gasteiger partial charge is 0.445 e. The summed E-state index contributed by atoms with van der Waals surface area (Å²) in [4.78, 5) is 25.6. The summed E-state index contributed by atoms with van der Waals surface area (Å²) in [6.07, 6.45) is -1.56. The number of carbonyl (C=O) groups excluding carboxylic acids is 2. The summed E-state index contributed by atoms with van der Waals surface area (Å²) in [6.45, 7) is 7.65. The lowest BCUT2D eigenvalue weighted by Crippen LogP contribution is -2.45. The minimum absolute atomic E-state index is 0.0915. The maximum Gasteiger partial charge on any atom is 0.408 e. The first-order chi connectivity index (χ1) is 17.1. The van der Waals surface area contributed by atoms with Crippen LogP contribution in [-0.2, 0) is 44.6 Å². The summed E-state index contributed by atoms with van der Waals surface area (Å²) in [5, 5.41) is 2.63. The van der Waals surface area contributed by atoms with Crippen molar-refractivity contribution < 1.29 is 42.7 Å². The Morgan fingerprint density at radius 2 is 1.78 bits per heavy atom. The second kappa shape index (κ2) is 11.2. The van der Waals surface area contributed by atoms with Crippen LogP contribution in [0.4, 0.5) is 4.79 Å². The highest BCUT2D eigenvalue weighted by Gasteiger charge is 2.60. The van der Waals surface area contributed by atoms with E-state index >= 15 is 0 Å². The Balaban J connectivity index is 1.39. The minimum Gasteiger partial charge on any atom is -0.445 e. The van der Waals surface area contributed by atoms with E-state index in [4.69, 9.17) is 33.2 Å². The van der Waals surface area contributed by atoms with Crippen LogP contribution in [0.15, 0.2) is 30.3 Å². The molecule has 3 heterocycles. The van der Waals surface area contributed by atoms with Gasteiger partial charge in [0, 0.05) is 0 Å². The molecule has 200 valence electrons. The van der Waals surface area contributed by atoms with Gasteiger partial charge >= 0.3 is 12.1 Å². The van der Waals surface area contributed by atoms with Crippen LogP contribution in [0, 0.1) is 0 Å². The topological polar surface area (TPSA) is 111 Å². The monoisotopic (exact) mass is 525 g/mol. The Morgan fingerprint density at radius 1 is 1.06 bits per heavy atom. The van der Waals surface area contributed by atoms with Gasteiger partial charge < -0.3 is 38.5 Å². The molecule has 0 radical (unpaired) electrons. The van der Waals surface area contributed by atoms with Crippen LogP contribution in [0.3, 0.4) is 0 Å². The summed E-state index contributed by atoms with van der Waals surface area (Å²) in [5.74, 6) is -1.63. The van der Waals surface area contributed by atoms with Crippen molar-refractivity contribution in [1.82, 2.24) is 5.32 Å². The van der Waals surface area contributed by atoms with Gasteiger partial charge in [-0.3, -0.25) is 0 Å². The molecule has 3 saturated heterocycles. The SMILES string of the molecule is CSCC[C@H](NC(=O)OCc1ccccc1)C(=O)O[C@@H]1O[C@@H](C2COC(C)(C)O2)[C@@H]2OC(C)(C)O[C@H]12. The first-order valence-corrected chi connectivity index (χ1v) is 13.5. The number of fused-ring (bicyclic) bond motifs is 1. The van der Waals surface area contributed by atoms with Gasteiger partial charge in [0.05, 0.1) is 6.61 Å². The molecule has 0 spiro atoms. The van der Waals surface area contributed by atoms with E-state index in [0.29, 0.717) is 18.8 Å². The van der Waals surface area contributed by atoms with Gasteiger partial charge in [0.1, 0.15) is 31.0 Å². The molecule has 10 nitrogen and oxygen atoms in total. The smallest absolute Gasteiger partial charge is 0.408 e. The van der Waals surface area contributed by atoms with Crippen molar-refractivity contribution in [2.24, 2.45) is 0 Å². The number of ether oxygens (including phenoxy) is 7. The maximum absolute atomic E-state index is 13.2. The van der Waals surface area contributed by atoms with Crippen LogP contribution in [0.1, 0.15) is 39.7 Å². The van der Waals surface area contributed by atoms with E-state index in [1.54, 1.807) is 25.6 Å². The van der Waals surface area contributed by atoms with Gasteiger partial charge in [0.2, 0.25) is 6.29 Å². The van der Waals surface area contributed by atoms with Crippen molar-refractivity contribution >= 4 is 23.8 Å². The molecule has 1 aromatic rings. The third kappa shape index (κ3) is 6.70. The van der Waals surface area contributed by atoms with Gasteiger partial charge in [-0.1, -0.05) is 30.3 Å². The normalized spacial score (nSPS) is 31.0. The van der Waals surface area contributed by atoms with Gasteiger partial charge in [-0.15, -0.1) is 0 Å². The van der Waals surface area contributed by atoms with Gasteiger partial charge in [-0.05, 0) is 51.7 Å². The molecule has 4 rings (SSSR count). The zero-order chi connectivity index (χ0) is 25.9. The number of alkyl carbamates (subject to hydrolysis) is 1. The molecule has 1 aromatic carbocycles. The summed E-state index contributed by atoms with van der Waals surface area (Å²) >= 11 is 1.55. The highest BCUT2D eigenvalue weighted by Crippen LogP contribution is 2.42. The fourth-order valence-electron chi connectivity index (χ4n) is 4.45. The van der Waals surface area contributed by atoms with Crippen LogP contribution in [0.5, 0.6) is 0 Å². The molecule has 1 N–H and O–H groups in total.